The summed E-state index contributed by atoms with van der Waals surface area (Å²) in [5.74, 6) is 0.0486. The fourth-order valence-electron chi connectivity index (χ4n) is 3.29. The lowest BCUT2D eigenvalue weighted by Gasteiger charge is -2.16. The van der Waals surface area contributed by atoms with Crippen molar-refractivity contribution in [2.75, 3.05) is 19.8 Å². The van der Waals surface area contributed by atoms with Gasteiger partial charge in [0.1, 0.15) is 17.9 Å². The van der Waals surface area contributed by atoms with E-state index in [4.69, 9.17) is 18.6 Å². The summed E-state index contributed by atoms with van der Waals surface area (Å²) in [6, 6.07) is 3.72. The van der Waals surface area contributed by atoms with Crippen LogP contribution in [0, 0.1) is 6.92 Å². The molecular formula is C20H24O6. The molecule has 6 nitrogen and oxygen atoms in total. The van der Waals surface area contributed by atoms with Crippen LogP contribution in [0.15, 0.2) is 21.3 Å². The number of esters is 1. The zero-order valence-electron chi connectivity index (χ0n) is 15.4. The van der Waals surface area contributed by atoms with Gasteiger partial charge in [0.05, 0.1) is 6.61 Å². The molecule has 1 unspecified atom stereocenters. The van der Waals surface area contributed by atoms with Crippen LogP contribution in [0.3, 0.4) is 0 Å². The maximum absolute atomic E-state index is 12.2. The molecule has 0 N–H and O–H groups in total. The SMILES string of the molecule is CCOCCOC(=O)C(C)Oc1ccc2c3c(c(=O)oc2c1C)CCC3. The van der Waals surface area contributed by atoms with Crippen molar-refractivity contribution in [1.82, 2.24) is 0 Å². The molecule has 0 aliphatic heterocycles. The first-order valence-corrected chi connectivity index (χ1v) is 9.02. The maximum Gasteiger partial charge on any atom is 0.347 e. The lowest BCUT2D eigenvalue weighted by Crippen LogP contribution is -2.27. The summed E-state index contributed by atoms with van der Waals surface area (Å²) in [5.41, 5.74) is 2.84. The van der Waals surface area contributed by atoms with Crippen LogP contribution in [0.5, 0.6) is 5.75 Å². The third-order valence-electron chi connectivity index (χ3n) is 4.65. The average Bonchev–Trinajstić information content (AvgIpc) is 3.12. The maximum atomic E-state index is 12.2. The van der Waals surface area contributed by atoms with Gasteiger partial charge >= 0.3 is 11.6 Å². The van der Waals surface area contributed by atoms with Crippen LogP contribution >= 0.6 is 0 Å². The molecule has 0 radical (unpaired) electrons. The number of rotatable bonds is 7. The van der Waals surface area contributed by atoms with E-state index in [0.717, 1.165) is 35.8 Å². The molecule has 140 valence electrons. The summed E-state index contributed by atoms with van der Waals surface area (Å²) in [5, 5.41) is 0.953. The zero-order chi connectivity index (χ0) is 18.7. The number of benzene rings is 1. The van der Waals surface area contributed by atoms with Gasteiger partial charge in [-0.1, -0.05) is 0 Å². The summed E-state index contributed by atoms with van der Waals surface area (Å²) in [4.78, 5) is 24.2. The summed E-state index contributed by atoms with van der Waals surface area (Å²) < 4.78 is 21.6. The zero-order valence-corrected chi connectivity index (χ0v) is 15.4. The minimum absolute atomic E-state index is 0.193. The van der Waals surface area contributed by atoms with Gasteiger partial charge in [-0.05, 0) is 57.7 Å². The number of fused-ring (bicyclic) bond motifs is 3. The third kappa shape index (κ3) is 3.60. The topological polar surface area (TPSA) is 75.0 Å². The van der Waals surface area contributed by atoms with Crippen LogP contribution in [0.4, 0.5) is 0 Å². The fraction of sp³-hybridized carbons (Fsp3) is 0.500. The predicted molar refractivity (Wildman–Crippen MR) is 96.8 cm³/mol. The Morgan fingerprint density at radius 2 is 2.00 bits per heavy atom. The minimum atomic E-state index is -0.770. The molecule has 26 heavy (non-hydrogen) atoms. The molecule has 1 aromatic heterocycles. The molecule has 1 aliphatic rings. The first-order chi connectivity index (χ1) is 12.5. The van der Waals surface area contributed by atoms with Gasteiger partial charge in [0.25, 0.3) is 0 Å². The number of hydrogen-bond donors (Lipinski definition) is 0. The number of carbonyl (C=O) groups is 1. The molecule has 0 spiro atoms. The lowest BCUT2D eigenvalue weighted by atomic mass is 10.0. The van der Waals surface area contributed by atoms with Gasteiger partial charge in [0.2, 0.25) is 0 Å². The van der Waals surface area contributed by atoms with Crippen molar-refractivity contribution in [3.05, 3.63) is 39.2 Å². The fourth-order valence-corrected chi connectivity index (χ4v) is 3.29. The monoisotopic (exact) mass is 360 g/mol. The Balaban J connectivity index is 1.79. The number of carbonyl (C=O) groups excluding carboxylic acids is 1. The highest BCUT2D eigenvalue weighted by atomic mass is 16.6. The summed E-state index contributed by atoms with van der Waals surface area (Å²) >= 11 is 0. The van der Waals surface area contributed by atoms with Crippen LogP contribution in [0.1, 0.15) is 37.0 Å². The molecule has 0 fully saturated rings. The molecular weight excluding hydrogens is 336 g/mol. The van der Waals surface area contributed by atoms with E-state index < -0.39 is 12.1 Å². The lowest BCUT2D eigenvalue weighted by molar-refractivity contribution is -0.152. The van der Waals surface area contributed by atoms with Crippen molar-refractivity contribution < 1.29 is 23.4 Å². The third-order valence-corrected chi connectivity index (χ3v) is 4.65. The van der Waals surface area contributed by atoms with Crippen molar-refractivity contribution in [1.29, 1.82) is 0 Å². The van der Waals surface area contributed by atoms with Crippen molar-refractivity contribution in [3.63, 3.8) is 0 Å². The van der Waals surface area contributed by atoms with E-state index in [2.05, 4.69) is 0 Å². The molecule has 1 atom stereocenters. The Labute approximate surface area is 152 Å². The van der Waals surface area contributed by atoms with Gasteiger partial charge in [-0.3, -0.25) is 0 Å². The second-order valence-electron chi connectivity index (χ2n) is 6.39. The molecule has 1 aliphatic carbocycles. The van der Waals surface area contributed by atoms with Crippen LogP contribution in [0.25, 0.3) is 11.0 Å². The van der Waals surface area contributed by atoms with E-state index in [-0.39, 0.29) is 12.2 Å². The van der Waals surface area contributed by atoms with Crippen molar-refractivity contribution >= 4 is 16.9 Å². The molecule has 0 saturated carbocycles. The standard InChI is InChI=1S/C20H24O6/c1-4-23-10-11-24-19(21)13(3)25-17-9-8-15-14-6-5-7-16(14)20(22)26-18(15)12(17)2/h8-9,13H,4-7,10-11H2,1-3H3. The molecule has 1 heterocycles. The van der Waals surface area contributed by atoms with Crippen molar-refractivity contribution in [2.24, 2.45) is 0 Å². The van der Waals surface area contributed by atoms with Gasteiger partial charge in [0.15, 0.2) is 6.10 Å². The molecule has 3 rings (SSSR count). The van der Waals surface area contributed by atoms with E-state index in [9.17, 15) is 9.59 Å². The molecule has 0 saturated heterocycles. The summed E-state index contributed by atoms with van der Waals surface area (Å²) in [6.45, 7) is 6.47. The Hall–Kier alpha value is -2.34. The Morgan fingerprint density at radius 3 is 2.77 bits per heavy atom. The van der Waals surface area contributed by atoms with Gasteiger partial charge in [0, 0.05) is 23.1 Å². The molecule has 1 aromatic carbocycles. The van der Waals surface area contributed by atoms with E-state index in [1.807, 2.05) is 26.0 Å². The van der Waals surface area contributed by atoms with E-state index in [1.54, 1.807) is 6.92 Å². The Bertz CT molecular complexity index is 867. The normalized spacial score (nSPS) is 14.3. The first kappa shape index (κ1) is 18.5. The largest absolute Gasteiger partial charge is 0.479 e. The van der Waals surface area contributed by atoms with E-state index in [0.29, 0.717) is 30.1 Å². The molecule has 6 heteroatoms. The molecule has 2 aromatic rings. The molecule has 0 amide bonds. The van der Waals surface area contributed by atoms with Gasteiger partial charge < -0.3 is 18.6 Å². The summed E-state index contributed by atoms with van der Waals surface area (Å²) in [7, 11) is 0. The highest BCUT2D eigenvalue weighted by molar-refractivity contribution is 5.86. The Morgan fingerprint density at radius 1 is 1.23 bits per heavy atom. The number of aryl methyl sites for hydroxylation is 2. The second kappa shape index (κ2) is 7.91. The van der Waals surface area contributed by atoms with Crippen LogP contribution < -0.4 is 10.4 Å². The highest BCUT2D eigenvalue weighted by Gasteiger charge is 2.23. The van der Waals surface area contributed by atoms with Crippen molar-refractivity contribution in [2.45, 2.75) is 46.1 Å². The smallest absolute Gasteiger partial charge is 0.347 e. The second-order valence-corrected chi connectivity index (χ2v) is 6.39. The van der Waals surface area contributed by atoms with Crippen molar-refractivity contribution in [3.8, 4) is 5.75 Å². The van der Waals surface area contributed by atoms with Gasteiger partial charge in [-0.15, -0.1) is 0 Å². The van der Waals surface area contributed by atoms with Gasteiger partial charge in [-0.2, -0.15) is 0 Å². The average molecular weight is 360 g/mol. The number of ether oxygens (including phenoxy) is 3. The van der Waals surface area contributed by atoms with E-state index in [1.165, 1.54) is 0 Å². The van der Waals surface area contributed by atoms with Gasteiger partial charge in [-0.25, -0.2) is 9.59 Å². The van der Waals surface area contributed by atoms with Crippen LogP contribution in [0.2, 0.25) is 0 Å². The first-order valence-electron chi connectivity index (χ1n) is 9.02. The van der Waals surface area contributed by atoms with E-state index >= 15 is 0 Å². The minimum Gasteiger partial charge on any atom is -0.479 e. The summed E-state index contributed by atoms with van der Waals surface area (Å²) in [6.07, 6.45) is 1.87. The quantitative estimate of drug-likeness (QED) is 0.429. The van der Waals surface area contributed by atoms with Crippen LogP contribution in [-0.4, -0.2) is 31.9 Å². The molecule has 0 bridgehead atoms. The Kier molecular flexibility index (Phi) is 5.61. The predicted octanol–water partition coefficient (Wildman–Crippen LogP) is 2.94. The number of hydrogen-bond acceptors (Lipinski definition) is 6. The highest BCUT2D eigenvalue weighted by Crippen LogP contribution is 2.33. The van der Waals surface area contributed by atoms with Crippen LogP contribution in [-0.2, 0) is 27.1 Å².